The van der Waals surface area contributed by atoms with Crippen molar-refractivity contribution < 1.29 is 4.79 Å². The Hall–Kier alpha value is -1.51. The number of hydrogen-bond donors (Lipinski definition) is 1. The smallest absolute Gasteiger partial charge is 0.219 e. The zero-order chi connectivity index (χ0) is 11.9. The molecule has 3 rings (SSSR count). The summed E-state index contributed by atoms with van der Waals surface area (Å²) < 4.78 is 0. The van der Waals surface area contributed by atoms with E-state index in [2.05, 4.69) is 29.6 Å². The number of rotatable bonds is 0. The van der Waals surface area contributed by atoms with Gasteiger partial charge >= 0.3 is 0 Å². The van der Waals surface area contributed by atoms with Crippen molar-refractivity contribution in [2.75, 3.05) is 25.0 Å². The van der Waals surface area contributed by atoms with Crippen molar-refractivity contribution in [1.82, 2.24) is 4.90 Å². The molecule has 1 N–H and O–H groups in total. The summed E-state index contributed by atoms with van der Waals surface area (Å²) in [5.74, 6) is 0.207. The predicted molar refractivity (Wildman–Crippen MR) is 68.1 cm³/mol. The summed E-state index contributed by atoms with van der Waals surface area (Å²) in [6, 6.07) is 8.58. The molecule has 17 heavy (non-hydrogen) atoms. The van der Waals surface area contributed by atoms with Gasteiger partial charge < -0.3 is 10.2 Å². The number of carbonyl (C=O) groups is 1. The van der Waals surface area contributed by atoms with E-state index in [1.807, 2.05) is 4.90 Å². The third-order valence-corrected chi connectivity index (χ3v) is 4.28. The van der Waals surface area contributed by atoms with Crippen LogP contribution in [-0.2, 0) is 10.2 Å². The SMILES string of the molecule is CC(=O)N1CCC2(CC1)CNc1ccccc12. The highest BCUT2D eigenvalue weighted by molar-refractivity contribution is 5.73. The quantitative estimate of drug-likeness (QED) is 0.739. The minimum Gasteiger partial charge on any atom is -0.384 e. The molecule has 0 saturated carbocycles. The number of likely N-dealkylation sites (tertiary alicyclic amines) is 1. The second-order valence-corrected chi connectivity index (χ2v) is 5.19. The molecule has 0 unspecified atom stereocenters. The van der Waals surface area contributed by atoms with Crippen LogP contribution in [0.4, 0.5) is 5.69 Å². The van der Waals surface area contributed by atoms with E-state index in [9.17, 15) is 4.79 Å². The van der Waals surface area contributed by atoms with Gasteiger partial charge in [0.25, 0.3) is 0 Å². The number of nitrogens with one attached hydrogen (secondary N) is 1. The molecule has 0 aliphatic carbocycles. The molecule has 3 nitrogen and oxygen atoms in total. The Morgan fingerprint density at radius 2 is 2.00 bits per heavy atom. The highest BCUT2D eigenvalue weighted by Gasteiger charge is 2.41. The van der Waals surface area contributed by atoms with Crippen LogP contribution in [0, 0.1) is 0 Å². The standard InChI is InChI=1S/C14H18N2O/c1-11(17)16-8-6-14(7-9-16)10-15-13-5-3-2-4-12(13)14/h2-5,15H,6-10H2,1H3. The summed E-state index contributed by atoms with van der Waals surface area (Å²) in [5.41, 5.74) is 3.00. The van der Waals surface area contributed by atoms with Gasteiger partial charge in [0.1, 0.15) is 0 Å². The summed E-state index contributed by atoms with van der Waals surface area (Å²) in [6.07, 6.45) is 2.16. The van der Waals surface area contributed by atoms with E-state index >= 15 is 0 Å². The van der Waals surface area contributed by atoms with E-state index < -0.39 is 0 Å². The topological polar surface area (TPSA) is 32.3 Å². The van der Waals surface area contributed by atoms with Gasteiger partial charge in [0.2, 0.25) is 5.91 Å². The third-order valence-electron chi connectivity index (χ3n) is 4.28. The fourth-order valence-corrected chi connectivity index (χ4v) is 3.16. The Kier molecular flexibility index (Phi) is 2.35. The Labute approximate surface area is 102 Å². The second kappa shape index (κ2) is 3.76. The molecule has 0 aromatic heterocycles. The van der Waals surface area contributed by atoms with Crippen molar-refractivity contribution in [3.63, 3.8) is 0 Å². The van der Waals surface area contributed by atoms with Crippen molar-refractivity contribution in [1.29, 1.82) is 0 Å². The van der Waals surface area contributed by atoms with Crippen LogP contribution in [0.15, 0.2) is 24.3 Å². The molecule has 1 saturated heterocycles. The molecule has 1 amide bonds. The summed E-state index contributed by atoms with van der Waals surface area (Å²) in [7, 11) is 0. The lowest BCUT2D eigenvalue weighted by Gasteiger charge is -2.39. The third kappa shape index (κ3) is 1.61. The molecule has 0 atom stereocenters. The first-order valence-electron chi connectivity index (χ1n) is 6.30. The molecule has 1 spiro atoms. The molecular weight excluding hydrogens is 212 g/mol. The number of amides is 1. The van der Waals surface area contributed by atoms with Crippen LogP contribution in [0.5, 0.6) is 0 Å². The van der Waals surface area contributed by atoms with Gasteiger partial charge in [-0.2, -0.15) is 0 Å². The van der Waals surface area contributed by atoms with Crippen LogP contribution in [0.3, 0.4) is 0 Å². The average Bonchev–Trinajstić information content (AvgIpc) is 2.70. The van der Waals surface area contributed by atoms with E-state index in [1.165, 1.54) is 11.3 Å². The Balaban J connectivity index is 1.85. The van der Waals surface area contributed by atoms with E-state index in [0.29, 0.717) is 0 Å². The fourth-order valence-electron chi connectivity index (χ4n) is 3.16. The fraction of sp³-hybridized carbons (Fsp3) is 0.500. The second-order valence-electron chi connectivity index (χ2n) is 5.19. The predicted octanol–water partition coefficient (Wildman–Crippen LogP) is 1.99. The van der Waals surface area contributed by atoms with Gasteiger partial charge in [0.05, 0.1) is 0 Å². The lowest BCUT2D eigenvalue weighted by atomic mass is 9.74. The minimum atomic E-state index is 0.207. The van der Waals surface area contributed by atoms with Crippen molar-refractivity contribution in [2.45, 2.75) is 25.2 Å². The van der Waals surface area contributed by atoms with Crippen LogP contribution in [0.1, 0.15) is 25.3 Å². The number of anilines is 1. The molecule has 2 aliphatic rings. The molecule has 1 aromatic rings. The number of piperidine rings is 1. The number of benzene rings is 1. The van der Waals surface area contributed by atoms with Crippen molar-refractivity contribution in [3.8, 4) is 0 Å². The molecule has 1 fully saturated rings. The number of fused-ring (bicyclic) bond motifs is 2. The van der Waals surface area contributed by atoms with Gasteiger partial charge in [-0.05, 0) is 24.5 Å². The monoisotopic (exact) mass is 230 g/mol. The maximum Gasteiger partial charge on any atom is 0.219 e. The highest BCUT2D eigenvalue weighted by Crippen LogP contribution is 2.43. The Bertz CT molecular complexity index is 447. The average molecular weight is 230 g/mol. The van der Waals surface area contributed by atoms with Crippen LogP contribution in [0.25, 0.3) is 0 Å². The molecule has 1 aromatic carbocycles. The van der Waals surface area contributed by atoms with Crippen molar-refractivity contribution >= 4 is 11.6 Å². The van der Waals surface area contributed by atoms with Gasteiger partial charge in [-0.15, -0.1) is 0 Å². The van der Waals surface area contributed by atoms with Gasteiger partial charge in [0.15, 0.2) is 0 Å². The number of nitrogens with zero attached hydrogens (tertiary/aromatic N) is 1. The molecule has 3 heteroatoms. The summed E-state index contributed by atoms with van der Waals surface area (Å²) in [6.45, 7) is 4.48. The molecule has 2 aliphatic heterocycles. The Morgan fingerprint density at radius 3 is 2.71 bits per heavy atom. The van der Waals surface area contributed by atoms with Crippen LogP contribution in [0.2, 0.25) is 0 Å². The van der Waals surface area contributed by atoms with Crippen molar-refractivity contribution in [2.24, 2.45) is 0 Å². The molecular formula is C14H18N2O. The molecule has 90 valence electrons. The number of para-hydroxylation sites is 1. The maximum atomic E-state index is 11.4. The van der Waals surface area contributed by atoms with E-state index in [0.717, 1.165) is 32.5 Å². The maximum absolute atomic E-state index is 11.4. The summed E-state index contributed by atoms with van der Waals surface area (Å²) in [5, 5.41) is 3.50. The van der Waals surface area contributed by atoms with Crippen LogP contribution in [-0.4, -0.2) is 30.4 Å². The molecule has 2 heterocycles. The van der Waals surface area contributed by atoms with Crippen molar-refractivity contribution in [3.05, 3.63) is 29.8 Å². The zero-order valence-electron chi connectivity index (χ0n) is 10.2. The first kappa shape index (κ1) is 10.6. The van der Waals surface area contributed by atoms with Gasteiger partial charge in [-0.1, -0.05) is 18.2 Å². The lowest BCUT2D eigenvalue weighted by molar-refractivity contribution is -0.130. The molecule has 0 bridgehead atoms. The van der Waals surface area contributed by atoms with Gasteiger partial charge in [0, 0.05) is 37.7 Å². The van der Waals surface area contributed by atoms with Gasteiger partial charge in [-0.3, -0.25) is 4.79 Å². The number of hydrogen-bond acceptors (Lipinski definition) is 2. The van der Waals surface area contributed by atoms with E-state index in [-0.39, 0.29) is 11.3 Å². The lowest BCUT2D eigenvalue weighted by Crippen LogP contribution is -2.45. The van der Waals surface area contributed by atoms with E-state index in [1.54, 1.807) is 6.92 Å². The largest absolute Gasteiger partial charge is 0.384 e. The first-order chi connectivity index (χ1) is 8.21. The first-order valence-corrected chi connectivity index (χ1v) is 6.30. The summed E-state index contributed by atoms with van der Waals surface area (Å²) >= 11 is 0. The molecule has 0 radical (unpaired) electrons. The zero-order valence-corrected chi connectivity index (χ0v) is 10.2. The van der Waals surface area contributed by atoms with Crippen LogP contribution >= 0.6 is 0 Å². The van der Waals surface area contributed by atoms with Crippen LogP contribution < -0.4 is 5.32 Å². The van der Waals surface area contributed by atoms with E-state index in [4.69, 9.17) is 0 Å². The number of carbonyl (C=O) groups excluding carboxylic acids is 1. The highest BCUT2D eigenvalue weighted by atomic mass is 16.2. The Morgan fingerprint density at radius 1 is 1.29 bits per heavy atom. The minimum absolute atomic E-state index is 0.207. The summed E-state index contributed by atoms with van der Waals surface area (Å²) in [4.78, 5) is 13.3. The van der Waals surface area contributed by atoms with Gasteiger partial charge in [-0.25, -0.2) is 0 Å². The normalized spacial score (nSPS) is 21.1.